The topological polar surface area (TPSA) is 29.5 Å². The molecule has 1 aromatic rings. The quantitative estimate of drug-likeness (QED) is 0.761. The molecule has 2 rings (SSSR count). The van der Waals surface area contributed by atoms with Crippen molar-refractivity contribution in [3.05, 3.63) is 16.3 Å². The fraction of sp³-hybridized carbons (Fsp3) is 0.556. The molecule has 0 saturated heterocycles. The fourth-order valence-electron chi connectivity index (χ4n) is 1.40. The van der Waals surface area contributed by atoms with Crippen LogP contribution in [-0.2, 0) is 5.60 Å². The Hall–Kier alpha value is -0.540. The number of thiophene rings is 1. The smallest absolute Gasteiger partial charge is 0.129 e. The molecule has 0 spiro atoms. The molecular weight excluding hydrogens is 172 g/mol. The summed E-state index contributed by atoms with van der Waals surface area (Å²) in [4.78, 5) is 1.03. The third-order valence-electron chi connectivity index (χ3n) is 2.51. The average Bonchev–Trinajstić information content (AvgIpc) is 2.57. The van der Waals surface area contributed by atoms with Gasteiger partial charge in [-0.05, 0) is 18.4 Å². The fourth-order valence-corrected chi connectivity index (χ4v) is 2.48. The normalized spacial score (nSPS) is 33.4. The van der Waals surface area contributed by atoms with Crippen molar-refractivity contribution in [1.29, 1.82) is 0 Å². The van der Waals surface area contributed by atoms with Gasteiger partial charge in [0.15, 0.2) is 0 Å². The molecule has 2 nitrogen and oxygen atoms in total. The Morgan fingerprint density at radius 2 is 2.42 bits per heavy atom. The van der Waals surface area contributed by atoms with E-state index in [0.29, 0.717) is 5.92 Å². The molecule has 1 N–H and O–H groups in total. The maximum absolute atomic E-state index is 9.93. The van der Waals surface area contributed by atoms with Crippen LogP contribution in [0.1, 0.15) is 18.2 Å². The van der Waals surface area contributed by atoms with Crippen molar-refractivity contribution in [2.24, 2.45) is 5.92 Å². The largest absolute Gasteiger partial charge is 0.496 e. The van der Waals surface area contributed by atoms with E-state index in [0.717, 1.165) is 17.0 Å². The van der Waals surface area contributed by atoms with E-state index in [1.54, 1.807) is 18.4 Å². The van der Waals surface area contributed by atoms with Crippen LogP contribution in [0, 0.1) is 5.92 Å². The summed E-state index contributed by atoms with van der Waals surface area (Å²) in [6.45, 7) is 2.06. The summed E-state index contributed by atoms with van der Waals surface area (Å²) < 4.78 is 5.05. The molecule has 0 radical (unpaired) electrons. The molecule has 3 heteroatoms. The predicted octanol–water partition coefficient (Wildman–Crippen LogP) is 1.98. The molecular formula is C9H12O2S. The van der Waals surface area contributed by atoms with Crippen molar-refractivity contribution in [1.82, 2.24) is 0 Å². The Morgan fingerprint density at radius 3 is 2.83 bits per heavy atom. The highest BCUT2D eigenvalue weighted by Gasteiger charge is 2.52. The highest BCUT2D eigenvalue weighted by Crippen LogP contribution is 2.53. The monoisotopic (exact) mass is 184 g/mol. The number of rotatable bonds is 2. The summed E-state index contributed by atoms with van der Waals surface area (Å²) in [5.74, 6) is 1.25. The van der Waals surface area contributed by atoms with E-state index in [4.69, 9.17) is 4.74 Å². The zero-order valence-electron chi connectivity index (χ0n) is 7.20. The third kappa shape index (κ3) is 1.04. The maximum Gasteiger partial charge on any atom is 0.129 e. The minimum absolute atomic E-state index is 0.404. The number of hydrogen-bond acceptors (Lipinski definition) is 3. The molecule has 0 amide bonds. The second kappa shape index (κ2) is 2.47. The van der Waals surface area contributed by atoms with Gasteiger partial charge in [0, 0.05) is 10.3 Å². The maximum atomic E-state index is 9.93. The van der Waals surface area contributed by atoms with Crippen molar-refractivity contribution in [2.75, 3.05) is 7.11 Å². The highest BCUT2D eigenvalue weighted by atomic mass is 32.1. The molecule has 1 aliphatic carbocycles. The van der Waals surface area contributed by atoms with Crippen molar-refractivity contribution in [3.63, 3.8) is 0 Å². The predicted molar refractivity (Wildman–Crippen MR) is 48.5 cm³/mol. The first-order valence-electron chi connectivity index (χ1n) is 4.02. The molecule has 1 heterocycles. The van der Waals surface area contributed by atoms with Crippen LogP contribution in [0.2, 0.25) is 0 Å². The van der Waals surface area contributed by atoms with Crippen molar-refractivity contribution in [3.8, 4) is 5.75 Å². The van der Waals surface area contributed by atoms with Crippen LogP contribution in [0.4, 0.5) is 0 Å². The molecule has 1 saturated carbocycles. The molecule has 2 unspecified atom stereocenters. The van der Waals surface area contributed by atoms with E-state index in [2.05, 4.69) is 6.92 Å². The van der Waals surface area contributed by atoms with Crippen molar-refractivity contribution in [2.45, 2.75) is 18.9 Å². The zero-order valence-corrected chi connectivity index (χ0v) is 8.02. The highest BCUT2D eigenvalue weighted by molar-refractivity contribution is 7.10. The van der Waals surface area contributed by atoms with E-state index in [1.807, 2.05) is 11.4 Å². The summed E-state index contributed by atoms with van der Waals surface area (Å²) in [5, 5.41) is 11.9. The Labute approximate surface area is 75.8 Å². The summed E-state index contributed by atoms with van der Waals surface area (Å²) in [6, 6.07) is 1.92. The number of methoxy groups -OCH3 is 1. The van der Waals surface area contributed by atoms with Gasteiger partial charge >= 0.3 is 0 Å². The first-order chi connectivity index (χ1) is 5.66. The van der Waals surface area contributed by atoms with E-state index in [-0.39, 0.29) is 0 Å². The minimum Gasteiger partial charge on any atom is -0.496 e. The van der Waals surface area contributed by atoms with Gasteiger partial charge in [-0.25, -0.2) is 0 Å². The average molecular weight is 184 g/mol. The molecule has 0 aliphatic heterocycles. The SMILES string of the molecule is COc1csc(C2(O)CC2C)c1. The van der Waals surface area contributed by atoms with Gasteiger partial charge < -0.3 is 9.84 Å². The van der Waals surface area contributed by atoms with Gasteiger partial charge in [0.05, 0.1) is 7.11 Å². The summed E-state index contributed by atoms with van der Waals surface area (Å²) in [5.41, 5.74) is -0.540. The third-order valence-corrected chi connectivity index (χ3v) is 3.59. The van der Waals surface area contributed by atoms with Crippen LogP contribution in [0.25, 0.3) is 0 Å². The summed E-state index contributed by atoms with van der Waals surface area (Å²) in [7, 11) is 1.65. The Bertz CT molecular complexity index is 294. The van der Waals surface area contributed by atoms with Gasteiger partial charge in [0.1, 0.15) is 11.4 Å². The van der Waals surface area contributed by atoms with Gasteiger partial charge in [-0.15, -0.1) is 11.3 Å². The van der Waals surface area contributed by atoms with Crippen LogP contribution >= 0.6 is 11.3 Å². The molecule has 0 aromatic carbocycles. The lowest BCUT2D eigenvalue weighted by atomic mass is 10.2. The molecule has 12 heavy (non-hydrogen) atoms. The molecule has 1 aliphatic rings. The van der Waals surface area contributed by atoms with Gasteiger partial charge in [0.25, 0.3) is 0 Å². The molecule has 0 bridgehead atoms. The molecule has 66 valence electrons. The van der Waals surface area contributed by atoms with E-state index in [9.17, 15) is 5.11 Å². The van der Waals surface area contributed by atoms with Crippen molar-refractivity contribution < 1.29 is 9.84 Å². The Balaban J connectivity index is 2.24. The Morgan fingerprint density at radius 1 is 1.75 bits per heavy atom. The van der Waals surface area contributed by atoms with Crippen LogP contribution in [0.5, 0.6) is 5.75 Å². The second-order valence-corrected chi connectivity index (χ2v) is 4.29. The van der Waals surface area contributed by atoms with Crippen LogP contribution in [0.15, 0.2) is 11.4 Å². The number of aliphatic hydroxyl groups is 1. The van der Waals surface area contributed by atoms with Crippen molar-refractivity contribution >= 4 is 11.3 Å². The van der Waals surface area contributed by atoms with Gasteiger partial charge in [-0.1, -0.05) is 6.92 Å². The van der Waals surface area contributed by atoms with E-state index in [1.165, 1.54) is 0 Å². The standard InChI is InChI=1S/C9H12O2S/c1-6-4-9(6,10)8-3-7(11-2)5-12-8/h3,5-6,10H,4H2,1-2H3. The number of ether oxygens (including phenoxy) is 1. The Kier molecular flexibility index (Phi) is 1.66. The molecule has 1 fully saturated rings. The van der Waals surface area contributed by atoms with Gasteiger partial charge in [-0.2, -0.15) is 0 Å². The van der Waals surface area contributed by atoms with Crippen LogP contribution in [-0.4, -0.2) is 12.2 Å². The van der Waals surface area contributed by atoms with Gasteiger partial charge in [-0.3, -0.25) is 0 Å². The van der Waals surface area contributed by atoms with E-state index >= 15 is 0 Å². The first kappa shape index (κ1) is 8.08. The summed E-state index contributed by atoms with van der Waals surface area (Å²) >= 11 is 1.57. The second-order valence-electron chi connectivity index (χ2n) is 3.38. The first-order valence-corrected chi connectivity index (χ1v) is 4.90. The molecule has 1 aromatic heterocycles. The van der Waals surface area contributed by atoms with Crippen LogP contribution in [0.3, 0.4) is 0 Å². The molecule has 2 atom stereocenters. The lowest BCUT2D eigenvalue weighted by Crippen LogP contribution is -2.04. The summed E-state index contributed by atoms with van der Waals surface area (Å²) in [6.07, 6.45) is 0.886. The minimum atomic E-state index is -0.540. The lowest BCUT2D eigenvalue weighted by molar-refractivity contribution is 0.138. The lowest BCUT2D eigenvalue weighted by Gasteiger charge is -2.03. The van der Waals surface area contributed by atoms with E-state index < -0.39 is 5.60 Å². The van der Waals surface area contributed by atoms with Crippen LogP contribution < -0.4 is 4.74 Å². The zero-order chi connectivity index (χ0) is 8.77. The van der Waals surface area contributed by atoms with Gasteiger partial charge in [0.2, 0.25) is 0 Å². The number of hydrogen-bond donors (Lipinski definition) is 1.